The Morgan fingerprint density at radius 3 is 2.62 bits per heavy atom. The van der Waals surface area contributed by atoms with Gasteiger partial charge in [0.25, 0.3) is 5.91 Å². The monoisotopic (exact) mass is 532 g/mol. The number of fused-ring (bicyclic) bond motifs is 1. The highest BCUT2D eigenvalue weighted by atomic mass is 16.6. The Morgan fingerprint density at radius 1 is 1.13 bits per heavy atom. The number of carbonyl (C=O) groups excluding carboxylic acids is 2. The molecule has 1 aromatic rings. The molecule has 0 bridgehead atoms. The molecule has 0 spiro atoms. The molecular weight excluding hydrogens is 496 g/mol. The van der Waals surface area contributed by atoms with Gasteiger partial charge in [-0.1, -0.05) is 12.2 Å². The molecule has 4 aliphatic rings. The molecule has 11 nitrogen and oxygen atoms in total. The second-order valence-electron chi connectivity index (χ2n) is 9.89. The van der Waals surface area contributed by atoms with Gasteiger partial charge in [-0.25, -0.2) is 4.79 Å². The highest BCUT2D eigenvalue weighted by Crippen LogP contribution is 2.28. The van der Waals surface area contributed by atoms with Gasteiger partial charge in [0.1, 0.15) is 6.17 Å². The second kappa shape index (κ2) is 12.3. The summed E-state index contributed by atoms with van der Waals surface area (Å²) in [5.74, 6) is 0.0397. The molecule has 5 rings (SSSR count). The van der Waals surface area contributed by atoms with Gasteiger partial charge in [0.05, 0.1) is 12.7 Å². The lowest BCUT2D eigenvalue weighted by Gasteiger charge is -2.34. The highest BCUT2D eigenvalue weighted by molar-refractivity contribution is 5.94. The van der Waals surface area contributed by atoms with Crippen LogP contribution >= 0.6 is 0 Å². The molecule has 2 unspecified atom stereocenters. The number of anilines is 1. The van der Waals surface area contributed by atoms with Crippen molar-refractivity contribution >= 4 is 17.7 Å². The first-order chi connectivity index (χ1) is 19.1. The third kappa shape index (κ3) is 6.25. The zero-order valence-corrected chi connectivity index (χ0v) is 22.3. The van der Waals surface area contributed by atoms with Crippen LogP contribution in [0.5, 0.6) is 0 Å². The van der Waals surface area contributed by atoms with Crippen LogP contribution in [0.3, 0.4) is 0 Å². The molecule has 2 amide bonds. The number of rotatable bonds is 7. The lowest BCUT2D eigenvalue weighted by atomic mass is 9.95. The Hall–Kier alpha value is -3.85. The molecule has 11 heteroatoms. The van der Waals surface area contributed by atoms with Crippen LogP contribution in [-0.2, 0) is 4.74 Å². The van der Waals surface area contributed by atoms with Crippen molar-refractivity contribution in [1.29, 1.82) is 5.26 Å². The number of nitrogens with one attached hydrogen (secondary N) is 3. The van der Waals surface area contributed by atoms with Crippen molar-refractivity contribution in [3.8, 4) is 6.07 Å². The summed E-state index contributed by atoms with van der Waals surface area (Å²) in [6.07, 6.45) is 9.02. The minimum Gasteiger partial charge on any atom is -0.450 e. The van der Waals surface area contributed by atoms with E-state index in [0.717, 1.165) is 31.7 Å². The van der Waals surface area contributed by atoms with E-state index in [9.17, 15) is 9.59 Å². The van der Waals surface area contributed by atoms with Gasteiger partial charge in [0, 0.05) is 69.7 Å². The number of amides is 2. The second-order valence-corrected chi connectivity index (χ2v) is 9.89. The molecule has 2 saturated heterocycles. The lowest BCUT2D eigenvalue weighted by Crippen LogP contribution is -2.48. The van der Waals surface area contributed by atoms with E-state index in [4.69, 9.17) is 10.00 Å². The van der Waals surface area contributed by atoms with Gasteiger partial charge in [-0.3, -0.25) is 20.0 Å². The molecule has 0 saturated carbocycles. The van der Waals surface area contributed by atoms with Crippen LogP contribution in [0.1, 0.15) is 30.1 Å². The molecule has 1 aromatic carbocycles. The largest absolute Gasteiger partial charge is 0.450 e. The first kappa shape index (κ1) is 26.7. The molecule has 206 valence electrons. The van der Waals surface area contributed by atoms with Crippen molar-refractivity contribution in [1.82, 2.24) is 30.5 Å². The molecule has 39 heavy (non-hydrogen) atoms. The topological polar surface area (TPSA) is 116 Å². The van der Waals surface area contributed by atoms with Gasteiger partial charge in [-0.15, -0.1) is 0 Å². The van der Waals surface area contributed by atoms with Gasteiger partial charge in [-0.05, 0) is 54.8 Å². The smallest absolute Gasteiger partial charge is 0.410 e. The number of ether oxygens (including phenoxy) is 1. The van der Waals surface area contributed by atoms with E-state index in [2.05, 4.69) is 39.2 Å². The average Bonchev–Trinajstić information content (AvgIpc) is 3.39. The minimum atomic E-state index is -0.265. The zero-order valence-electron chi connectivity index (χ0n) is 22.3. The van der Waals surface area contributed by atoms with E-state index in [1.54, 1.807) is 4.90 Å². The predicted octanol–water partition coefficient (Wildman–Crippen LogP) is 2.03. The van der Waals surface area contributed by atoms with Crippen LogP contribution < -0.4 is 16.1 Å². The van der Waals surface area contributed by atoms with Crippen LogP contribution in [0, 0.1) is 11.3 Å². The number of carbonyl (C=O) groups is 2. The first-order valence-corrected chi connectivity index (χ1v) is 13.6. The lowest BCUT2D eigenvalue weighted by molar-refractivity contribution is 0.0639. The van der Waals surface area contributed by atoms with Crippen LogP contribution in [0.25, 0.3) is 0 Å². The SMILES string of the molecule is CCOC(=O)N1CC=C(C2=CC=CN3NC(Nc4ccc(C(=O)N5CCN(CCC#N)CC5)cc4)NC23)CC1. The zero-order chi connectivity index (χ0) is 27.2. The van der Waals surface area contributed by atoms with Crippen molar-refractivity contribution in [2.45, 2.75) is 32.2 Å². The van der Waals surface area contributed by atoms with Crippen molar-refractivity contribution in [3.63, 3.8) is 0 Å². The molecule has 4 aliphatic heterocycles. The van der Waals surface area contributed by atoms with E-state index < -0.39 is 0 Å². The summed E-state index contributed by atoms with van der Waals surface area (Å²) in [5.41, 5.74) is 7.40. The molecular formula is C28H36N8O3. The van der Waals surface area contributed by atoms with E-state index in [-0.39, 0.29) is 24.5 Å². The number of benzene rings is 1. The van der Waals surface area contributed by atoms with E-state index in [0.29, 0.717) is 44.8 Å². The Bertz CT molecular complexity index is 1180. The normalized spacial score (nSPS) is 23.0. The fourth-order valence-corrected chi connectivity index (χ4v) is 5.31. The fraction of sp³-hybridized carbons (Fsp3) is 0.464. The number of hydrogen-bond acceptors (Lipinski definition) is 9. The van der Waals surface area contributed by atoms with Crippen LogP contribution in [0.4, 0.5) is 10.5 Å². The molecule has 3 N–H and O–H groups in total. The van der Waals surface area contributed by atoms with Gasteiger partial charge in [0.15, 0.2) is 6.29 Å². The maximum Gasteiger partial charge on any atom is 0.410 e. The summed E-state index contributed by atoms with van der Waals surface area (Å²) < 4.78 is 5.13. The standard InChI is InChI=1S/C28H36N8O3/c1-2-39-28(38)35-15-10-21(11-16-35)24-5-3-14-36-25(24)31-27(32-36)30-23-8-6-22(7-9-23)26(37)34-19-17-33(18-20-34)13-4-12-29/h3,5-10,14,25,27,30-32H,2,4,11,13,15-20H2,1H3. The molecule has 0 aromatic heterocycles. The van der Waals surface area contributed by atoms with Gasteiger partial charge < -0.3 is 19.9 Å². The first-order valence-electron chi connectivity index (χ1n) is 13.6. The Kier molecular flexibility index (Phi) is 8.46. The average molecular weight is 533 g/mol. The minimum absolute atomic E-state index is 0.0397. The van der Waals surface area contributed by atoms with Gasteiger partial charge in [0.2, 0.25) is 0 Å². The Morgan fingerprint density at radius 2 is 1.92 bits per heavy atom. The Balaban J connectivity index is 1.14. The third-order valence-corrected chi connectivity index (χ3v) is 7.45. The summed E-state index contributed by atoms with van der Waals surface area (Å²) in [5, 5.41) is 17.9. The maximum absolute atomic E-state index is 13.0. The molecule has 2 fully saturated rings. The molecule has 0 aliphatic carbocycles. The summed E-state index contributed by atoms with van der Waals surface area (Å²) in [6, 6.07) is 9.76. The van der Waals surface area contributed by atoms with Crippen LogP contribution in [0.15, 0.2) is 59.8 Å². The predicted molar refractivity (Wildman–Crippen MR) is 147 cm³/mol. The summed E-state index contributed by atoms with van der Waals surface area (Å²) in [4.78, 5) is 30.9. The number of hydrazine groups is 1. The highest BCUT2D eigenvalue weighted by Gasteiger charge is 2.35. The fourth-order valence-electron chi connectivity index (χ4n) is 5.31. The molecule has 0 radical (unpaired) electrons. The van der Waals surface area contributed by atoms with E-state index in [1.807, 2.05) is 53.4 Å². The van der Waals surface area contributed by atoms with Crippen LogP contribution in [-0.4, -0.2) is 96.6 Å². The Labute approximate surface area is 229 Å². The number of hydrogen-bond donors (Lipinski definition) is 3. The maximum atomic E-state index is 13.0. The summed E-state index contributed by atoms with van der Waals surface area (Å²) >= 11 is 0. The van der Waals surface area contributed by atoms with Crippen molar-refractivity contribution in [2.24, 2.45) is 0 Å². The van der Waals surface area contributed by atoms with Gasteiger partial charge in [-0.2, -0.15) is 10.7 Å². The van der Waals surface area contributed by atoms with Gasteiger partial charge >= 0.3 is 6.09 Å². The number of nitriles is 1. The van der Waals surface area contributed by atoms with E-state index in [1.165, 1.54) is 11.1 Å². The van der Waals surface area contributed by atoms with Crippen molar-refractivity contribution < 1.29 is 14.3 Å². The quantitative estimate of drug-likeness (QED) is 0.485. The van der Waals surface area contributed by atoms with Crippen molar-refractivity contribution in [3.05, 3.63) is 65.4 Å². The molecule has 2 atom stereocenters. The van der Waals surface area contributed by atoms with E-state index >= 15 is 0 Å². The molecule has 4 heterocycles. The number of piperazine rings is 1. The summed E-state index contributed by atoms with van der Waals surface area (Å²) in [7, 11) is 0. The number of nitrogens with zero attached hydrogens (tertiary/aromatic N) is 5. The van der Waals surface area contributed by atoms with Crippen LogP contribution in [0.2, 0.25) is 0 Å². The summed E-state index contributed by atoms with van der Waals surface area (Å²) in [6.45, 7) is 7.09. The number of allylic oxidation sites excluding steroid dienone is 2. The van der Waals surface area contributed by atoms with Crippen molar-refractivity contribution in [2.75, 3.05) is 57.7 Å². The third-order valence-electron chi connectivity index (χ3n) is 7.45.